The van der Waals surface area contributed by atoms with E-state index in [0.717, 1.165) is 56.0 Å². The number of hydrogen-bond donors (Lipinski definition) is 1. The van der Waals surface area contributed by atoms with Gasteiger partial charge in [-0.05, 0) is 12.1 Å². The molecule has 0 aliphatic carbocycles. The van der Waals surface area contributed by atoms with Crippen LogP contribution in [-0.2, 0) is 9.53 Å². The Morgan fingerprint density at radius 2 is 2.04 bits per heavy atom. The monoisotopic (exact) mass is 341 g/mol. The topological polar surface area (TPSA) is 70.6 Å². The van der Waals surface area contributed by atoms with Crippen molar-refractivity contribution in [2.45, 2.75) is 12.5 Å². The van der Waals surface area contributed by atoms with Gasteiger partial charge >= 0.3 is 0 Å². The fourth-order valence-electron chi connectivity index (χ4n) is 3.48. The smallest absolute Gasteiger partial charge is 0.225 e. The van der Waals surface area contributed by atoms with E-state index in [1.807, 2.05) is 23.1 Å². The minimum Gasteiger partial charge on any atom is -0.375 e. The predicted molar refractivity (Wildman–Crippen MR) is 95.6 cm³/mol. The zero-order chi connectivity index (χ0) is 17.1. The zero-order valence-corrected chi connectivity index (χ0v) is 14.2. The third-order valence-corrected chi connectivity index (χ3v) is 4.86. The largest absolute Gasteiger partial charge is 0.375 e. The molecule has 2 fully saturated rings. The van der Waals surface area contributed by atoms with Gasteiger partial charge in [0.25, 0.3) is 0 Å². The van der Waals surface area contributed by atoms with Crippen molar-refractivity contribution in [1.82, 2.24) is 20.2 Å². The summed E-state index contributed by atoms with van der Waals surface area (Å²) in [4.78, 5) is 25.5. The maximum absolute atomic E-state index is 12.5. The Morgan fingerprint density at radius 1 is 1.20 bits per heavy atom. The number of benzene rings is 1. The van der Waals surface area contributed by atoms with E-state index in [0.29, 0.717) is 13.0 Å². The number of anilines is 1. The molecule has 0 spiro atoms. The zero-order valence-electron chi connectivity index (χ0n) is 14.2. The van der Waals surface area contributed by atoms with Crippen LogP contribution in [0.15, 0.2) is 30.6 Å². The van der Waals surface area contributed by atoms with Crippen molar-refractivity contribution in [1.29, 1.82) is 0 Å². The molecule has 132 valence electrons. The van der Waals surface area contributed by atoms with Gasteiger partial charge in [0.1, 0.15) is 12.1 Å². The molecule has 1 aromatic heterocycles. The van der Waals surface area contributed by atoms with Gasteiger partial charge in [-0.25, -0.2) is 9.97 Å². The van der Waals surface area contributed by atoms with E-state index in [-0.39, 0.29) is 12.0 Å². The molecule has 7 nitrogen and oxygen atoms in total. The maximum Gasteiger partial charge on any atom is 0.225 e. The van der Waals surface area contributed by atoms with Crippen LogP contribution in [0.2, 0.25) is 0 Å². The van der Waals surface area contributed by atoms with E-state index < -0.39 is 0 Å². The lowest BCUT2D eigenvalue weighted by Crippen LogP contribution is -2.50. The maximum atomic E-state index is 12.5. The number of hydrogen-bond acceptors (Lipinski definition) is 6. The molecule has 0 radical (unpaired) electrons. The Hall–Kier alpha value is -2.25. The van der Waals surface area contributed by atoms with Crippen molar-refractivity contribution in [3.63, 3.8) is 0 Å². The molecule has 7 heteroatoms. The van der Waals surface area contributed by atoms with Crippen LogP contribution in [0.4, 0.5) is 5.82 Å². The number of fused-ring (bicyclic) bond motifs is 1. The van der Waals surface area contributed by atoms with Gasteiger partial charge in [0, 0.05) is 44.7 Å². The lowest BCUT2D eigenvalue weighted by Gasteiger charge is -2.36. The van der Waals surface area contributed by atoms with Gasteiger partial charge < -0.3 is 19.9 Å². The number of rotatable bonds is 3. The Bertz CT molecular complexity index is 734. The fourth-order valence-corrected chi connectivity index (χ4v) is 3.48. The van der Waals surface area contributed by atoms with Crippen LogP contribution in [0.5, 0.6) is 0 Å². The Labute approximate surface area is 147 Å². The number of nitrogens with zero attached hydrogens (tertiary/aromatic N) is 4. The second kappa shape index (κ2) is 7.33. The van der Waals surface area contributed by atoms with Crippen molar-refractivity contribution in [3.8, 4) is 0 Å². The van der Waals surface area contributed by atoms with Gasteiger partial charge in [-0.2, -0.15) is 0 Å². The average molecular weight is 341 g/mol. The Balaban J connectivity index is 1.38. The second-order valence-corrected chi connectivity index (χ2v) is 6.48. The van der Waals surface area contributed by atoms with Gasteiger partial charge in [0.05, 0.1) is 24.6 Å². The summed E-state index contributed by atoms with van der Waals surface area (Å²) in [5.41, 5.74) is 0.952. The summed E-state index contributed by atoms with van der Waals surface area (Å²) in [7, 11) is 0. The SMILES string of the molecule is O=C(CC1CNCCO1)N1CCN(c2ncnc3ccccc23)CC1. The van der Waals surface area contributed by atoms with Crippen LogP contribution in [-0.4, -0.2) is 72.8 Å². The molecule has 2 saturated heterocycles. The van der Waals surface area contributed by atoms with Crippen molar-refractivity contribution in [2.75, 3.05) is 50.8 Å². The summed E-state index contributed by atoms with van der Waals surface area (Å²) in [5.74, 6) is 1.14. The van der Waals surface area contributed by atoms with Gasteiger partial charge in [-0.15, -0.1) is 0 Å². The molecule has 1 N–H and O–H groups in total. The summed E-state index contributed by atoms with van der Waals surface area (Å²) < 4.78 is 5.64. The number of morpholine rings is 1. The molecular weight excluding hydrogens is 318 g/mol. The number of piperazine rings is 1. The Morgan fingerprint density at radius 3 is 2.84 bits per heavy atom. The lowest BCUT2D eigenvalue weighted by molar-refractivity contribution is -0.135. The first-order chi connectivity index (χ1) is 12.3. The van der Waals surface area contributed by atoms with E-state index in [2.05, 4.69) is 26.3 Å². The minimum absolute atomic E-state index is 0.00471. The summed E-state index contributed by atoms with van der Waals surface area (Å²) in [5, 5.41) is 4.33. The minimum atomic E-state index is 0.00471. The van der Waals surface area contributed by atoms with E-state index >= 15 is 0 Å². The molecule has 4 rings (SSSR count). The second-order valence-electron chi connectivity index (χ2n) is 6.48. The highest BCUT2D eigenvalue weighted by atomic mass is 16.5. The van der Waals surface area contributed by atoms with Gasteiger partial charge in [0.15, 0.2) is 0 Å². The van der Waals surface area contributed by atoms with Crippen LogP contribution in [0, 0.1) is 0 Å². The molecule has 3 heterocycles. The van der Waals surface area contributed by atoms with E-state index in [1.54, 1.807) is 6.33 Å². The van der Waals surface area contributed by atoms with Gasteiger partial charge in [-0.1, -0.05) is 12.1 Å². The molecular formula is C18H23N5O2. The normalized spacial score (nSPS) is 21.5. The van der Waals surface area contributed by atoms with Gasteiger partial charge in [-0.3, -0.25) is 4.79 Å². The van der Waals surface area contributed by atoms with Crippen molar-refractivity contribution >= 4 is 22.6 Å². The standard InChI is InChI=1S/C18H23N5O2/c24-17(11-14-12-19-5-10-25-14)22-6-8-23(9-7-22)18-15-3-1-2-4-16(15)20-13-21-18/h1-4,13-14,19H,5-12H2. The number of para-hydroxylation sites is 1. The lowest BCUT2D eigenvalue weighted by atomic mass is 10.1. The van der Waals surface area contributed by atoms with Crippen LogP contribution in [0.3, 0.4) is 0 Å². The van der Waals surface area contributed by atoms with E-state index in [1.165, 1.54) is 0 Å². The van der Waals surface area contributed by atoms with Gasteiger partial charge in [0.2, 0.25) is 5.91 Å². The average Bonchev–Trinajstić information content (AvgIpc) is 2.68. The van der Waals surface area contributed by atoms with Crippen LogP contribution < -0.4 is 10.2 Å². The summed E-state index contributed by atoms with van der Waals surface area (Å²) >= 11 is 0. The Kier molecular flexibility index (Phi) is 4.76. The van der Waals surface area contributed by atoms with Crippen molar-refractivity contribution in [3.05, 3.63) is 30.6 Å². The number of aromatic nitrogens is 2. The quantitative estimate of drug-likeness (QED) is 0.884. The number of nitrogens with one attached hydrogen (secondary N) is 1. The highest BCUT2D eigenvalue weighted by Crippen LogP contribution is 2.23. The third-order valence-electron chi connectivity index (χ3n) is 4.86. The summed E-state index contributed by atoms with van der Waals surface area (Å²) in [6.45, 7) is 5.34. The van der Waals surface area contributed by atoms with Crippen LogP contribution in [0.25, 0.3) is 10.9 Å². The number of ether oxygens (including phenoxy) is 1. The molecule has 0 saturated carbocycles. The fraction of sp³-hybridized carbons (Fsp3) is 0.500. The number of amides is 1. The van der Waals surface area contributed by atoms with Crippen molar-refractivity contribution < 1.29 is 9.53 Å². The molecule has 0 bridgehead atoms. The molecule has 1 unspecified atom stereocenters. The molecule has 25 heavy (non-hydrogen) atoms. The molecule has 2 aromatic rings. The molecule has 1 amide bonds. The van der Waals surface area contributed by atoms with Crippen LogP contribution >= 0.6 is 0 Å². The first kappa shape index (κ1) is 16.2. The number of carbonyl (C=O) groups excluding carboxylic acids is 1. The predicted octanol–water partition coefficient (Wildman–Crippen LogP) is 0.657. The highest BCUT2D eigenvalue weighted by molar-refractivity contribution is 5.89. The molecule has 1 atom stereocenters. The van der Waals surface area contributed by atoms with E-state index in [4.69, 9.17) is 4.74 Å². The van der Waals surface area contributed by atoms with E-state index in [9.17, 15) is 4.79 Å². The van der Waals surface area contributed by atoms with Crippen molar-refractivity contribution in [2.24, 2.45) is 0 Å². The third kappa shape index (κ3) is 3.57. The van der Waals surface area contributed by atoms with Crippen LogP contribution in [0.1, 0.15) is 6.42 Å². The summed E-state index contributed by atoms with van der Waals surface area (Å²) in [6, 6.07) is 8.04. The summed E-state index contributed by atoms with van der Waals surface area (Å²) in [6.07, 6.45) is 2.08. The molecule has 1 aromatic carbocycles. The highest BCUT2D eigenvalue weighted by Gasteiger charge is 2.26. The number of carbonyl (C=O) groups is 1. The molecule has 2 aliphatic rings. The first-order valence-corrected chi connectivity index (χ1v) is 8.86. The first-order valence-electron chi connectivity index (χ1n) is 8.86. The molecule has 2 aliphatic heterocycles.